The maximum atomic E-state index is 12.6. The Morgan fingerprint density at radius 2 is 2.50 bits per heavy atom. The Morgan fingerprint density at radius 1 is 1.60 bits per heavy atom. The van der Waals surface area contributed by atoms with Crippen LogP contribution in [0.25, 0.3) is 6.08 Å². The van der Waals surface area contributed by atoms with Crippen LogP contribution in [0.4, 0.5) is 4.39 Å². The van der Waals surface area contributed by atoms with E-state index in [2.05, 4.69) is 0 Å². The van der Waals surface area contributed by atoms with Crippen molar-refractivity contribution >= 4 is 6.08 Å². The molecule has 0 fully saturated rings. The summed E-state index contributed by atoms with van der Waals surface area (Å²) in [6, 6.07) is 1.81. The van der Waals surface area contributed by atoms with E-state index in [0.29, 0.717) is 6.42 Å². The summed E-state index contributed by atoms with van der Waals surface area (Å²) in [5, 5.41) is 0. The van der Waals surface area contributed by atoms with Gasteiger partial charge in [0.1, 0.15) is 11.9 Å². The molecule has 52 valence electrons. The van der Waals surface area contributed by atoms with Gasteiger partial charge in [-0.15, -0.1) is 0 Å². The number of allylic oxidation sites excluding steroid dienone is 1. The predicted molar refractivity (Wildman–Crippen MR) is 36.3 cm³/mol. The van der Waals surface area contributed by atoms with E-state index in [1.807, 2.05) is 6.07 Å². The fraction of sp³-hybridized carbons (Fsp3) is 0.250. The van der Waals surface area contributed by atoms with E-state index in [-0.39, 0.29) is 0 Å². The van der Waals surface area contributed by atoms with Crippen LogP contribution in [0.5, 0.6) is 0 Å². The smallest absolute Gasteiger partial charge is 0.129 e. The molecule has 1 atom stereocenters. The molecule has 1 aliphatic carbocycles. The highest BCUT2D eigenvalue weighted by molar-refractivity contribution is 5.51. The van der Waals surface area contributed by atoms with Crippen LogP contribution in [0.15, 0.2) is 22.8 Å². The van der Waals surface area contributed by atoms with Crippen LogP contribution in [0.2, 0.25) is 0 Å². The summed E-state index contributed by atoms with van der Waals surface area (Å²) in [6.45, 7) is 0. The Kier molecular flexibility index (Phi) is 1.13. The fourth-order valence-corrected chi connectivity index (χ4v) is 1.13. The summed E-state index contributed by atoms with van der Waals surface area (Å²) >= 11 is 0. The van der Waals surface area contributed by atoms with E-state index in [9.17, 15) is 4.39 Å². The molecule has 0 amide bonds. The van der Waals surface area contributed by atoms with Gasteiger partial charge in [0, 0.05) is 12.0 Å². The van der Waals surface area contributed by atoms with Crippen LogP contribution in [0.3, 0.4) is 0 Å². The third-order valence-corrected chi connectivity index (χ3v) is 1.65. The number of fused-ring (bicyclic) bond motifs is 1. The van der Waals surface area contributed by atoms with E-state index >= 15 is 0 Å². The van der Waals surface area contributed by atoms with Crippen molar-refractivity contribution in [3.05, 3.63) is 29.7 Å². The first kappa shape index (κ1) is 5.71. The molecule has 0 bridgehead atoms. The van der Waals surface area contributed by atoms with Crippen molar-refractivity contribution in [2.45, 2.75) is 12.6 Å². The second-order valence-electron chi connectivity index (χ2n) is 2.39. The minimum Gasteiger partial charge on any atom is -0.465 e. The summed E-state index contributed by atoms with van der Waals surface area (Å²) in [7, 11) is 0. The standard InChI is InChI=1S/C8H7FO/c9-7-1-2-8-6(5-7)3-4-10-8/h1-4,7H,5H2. The Hall–Kier alpha value is -1.05. The van der Waals surface area contributed by atoms with E-state index in [0.717, 1.165) is 11.3 Å². The number of furan rings is 1. The van der Waals surface area contributed by atoms with Crippen molar-refractivity contribution < 1.29 is 8.81 Å². The van der Waals surface area contributed by atoms with E-state index < -0.39 is 6.17 Å². The van der Waals surface area contributed by atoms with Gasteiger partial charge in [-0.2, -0.15) is 0 Å². The minimum atomic E-state index is -0.829. The van der Waals surface area contributed by atoms with Crippen molar-refractivity contribution in [3.8, 4) is 0 Å². The van der Waals surface area contributed by atoms with Crippen LogP contribution in [0.1, 0.15) is 11.3 Å². The third kappa shape index (κ3) is 0.764. The molecule has 10 heavy (non-hydrogen) atoms. The zero-order chi connectivity index (χ0) is 6.97. The number of hydrogen-bond acceptors (Lipinski definition) is 1. The molecule has 0 saturated carbocycles. The average molecular weight is 138 g/mol. The van der Waals surface area contributed by atoms with Crippen LogP contribution < -0.4 is 0 Å². The normalized spacial score (nSPS) is 22.7. The average Bonchev–Trinajstić information content (AvgIpc) is 2.33. The van der Waals surface area contributed by atoms with Crippen molar-refractivity contribution in [3.63, 3.8) is 0 Å². The van der Waals surface area contributed by atoms with Crippen LogP contribution in [-0.2, 0) is 6.42 Å². The molecule has 0 aliphatic heterocycles. The van der Waals surface area contributed by atoms with Crippen LogP contribution >= 0.6 is 0 Å². The van der Waals surface area contributed by atoms with E-state index in [1.54, 1.807) is 12.3 Å². The van der Waals surface area contributed by atoms with Gasteiger partial charge in [0.15, 0.2) is 0 Å². The van der Waals surface area contributed by atoms with E-state index in [4.69, 9.17) is 4.42 Å². The Labute approximate surface area is 58.2 Å². The zero-order valence-electron chi connectivity index (χ0n) is 5.38. The second kappa shape index (κ2) is 1.97. The molecule has 0 spiro atoms. The molecular formula is C8H7FO. The first-order valence-corrected chi connectivity index (χ1v) is 3.25. The van der Waals surface area contributed by atoms with Gasteiger partial charge in [0.25, 0.3) is 0 Å². The summed E-state index contributed by atoms with van der Waals surface area (Å²) in [4.78, 5) is 0. The first-order chi connectivity index (χ1) is 4.86. The molecule has 0 radical (unpaired) electrons. The van der Waals surface area contributed by atoms with Gasteiger partial charge in [-0.05, 0) is 18.2 Å². The lowest BCUT2D eigenvalue weighted by atomic mass is 10.0. The molecule has 0 N–H and O–H groups in total. The summed E-state index contributed by atoms with van der Waals surface area (Å²) < 4.78 is 17.7. The minimum absolute atomic E-state index is 0.461. The van der Waals surface area contributed by atoms with Gasteiger partial charge in [-0.1, -0.05) is 0 Å². The zero-order valence-corrected chi connectivity index (χ0v) is 5.38. The molecule has 2 rings (SSSR count). The number of alkyl halides is 1. The maximum Gasteiger partial charge on any atom is 0.129 e. The molecular weight excluding hydrogens is 131 g/mol. The lowest BCUT2D eigenvalue weighted by Crippen LogP contribution is -2.04. The molecule has 0 aromatic carbocycles. The molecule has 1 nitrogen and oxygen atoms in total. The highest BCUT2D eigenvalue weighted by Gasteiger charge is 2.13. The molecule has 0 saturated heterocycles. The van der Waals surface area contributed by atoms with Crippen molar-refractivity contribution in [2.75, 3.05) is 0 Å². The third-order valence-electron chi connectivity index (χ3n) is 1.65. The number of hydrogen-bond donors (Lipinski definition) is 0. The molecule has 1 unspecified atom stereocenters. The van der Waals surface area contributed by atoms with Crippen molar-refractivity contribution in [1.82, 2.24) is 0 Å². The van der Waals surface area contributed by atoms with E-state index in [1.165, 1.54) is 6.08 Å². The molecule has 1 heterocycles. The van der Waals surface area contributed by atoms with Gasteiger partial charge in [-0.3, -0.25) is 0 Å². The maximum absolute atomic E-state index is 12.6. The largest absolute Gasteiger partial charge is 0.465 e. The number of rotatable bonds is 0. The second-order valence-corrected chi connectivity index (χ2v) is 2.39. The first-order valence-electron chi connectivity index (χ1n) is 3.25. The van der Waals surface area contributed by atoms with Gasteiger partial charge in [0.05, 0.1) is 6.26 Å². The van der Waals surface area contributed by atoms with Crippen molar-refractivity contribution in [1.29, 1.82) is 0 Å². The lowest BCUT2D eigenvalue weighted by Gasteiger charge is -2.06. The monoisotopic (exact) mass is 138 g/mol. The summed E-state index contributed by atoms with van der Waals surface area (Å²) in [5.74, 6) is 0.800. The van der Waals surface area contributed by atoms with Crippen LogP contribution in [0, 0.1) is 0 Å². The Balaban J connectivity index is 2.43. The lowest BCUT2D eigenvalue weighted by molar-refractivity contribution is 0.393. The molecule has 1 aromatic rings. The fourth-order valence-electron chi connectivity index (χ4n) is 1.13. The Bertz CT molecular complexity index is 262. The van der Waals surface area contributed by atoms with Gasteiger partial charge >= 0.3 is 0 Å². The summed E-state index contributed by atoms with van der Waals surface area (Å²) in [5.41, 5.74) is 0.968. The molecule has 1 aliphatic rings. The predicted octanol–water partition coefficient (Wildman–Crippen LogP) is 2.19. The highest BCUT2D eigenvalue weighted by Crippen LogP contribution is 2.21. The molecule has 1 aromatic heterocycles. The van der Waals surface area contributed by atoms with Gasteiger partial charge in [-0.25, -0.2) is 4.39 Å². The van der Waals surface area contributed by atoms with Gasteiger partial charge < -0.3 is 4.42 Å². The van der Waals surface area contributed by atoms with Crippen molar-refractivity contribution in [2.24, 2.45) is 0 Å². The Morgan fingerprint density at radius 3 is 3.40 bits per heavy atom. The van der Waals surface area contributed by atoms with Gasteiger partial charge in [0.2, 0.25) is 0 Å². The number of halogens is 1. The SMILES string of the molecule is FC1C=Cc2occc2C1. The quantitative estimate of drug-likeness (QED) is 0.535. The highest BCUT2D eigenvalue weighted by atomic mass is 19.1. The van der Waals surface area contributed by atoms with Crippen LogP contribution in [-0.4, -0.2) is 6.17 Å². The summed E-state index contributed by atoms with van der Waals surface area (Å²) in [6.07, 6.45) is 4.43. The topological polar surface area (TPSA) is 13.1 Å². The molecule has 2 heteroatoms.